The lowest BCUT2D eigenvalue weighted by Gasteiger charge is -2.12. The second kappa shape index (κ2) is 14.3. The monoisotopic (exact) mass is 782 g/mol. The predicted molar refractivity (Wildman–Crippen MR) is 257 cm³/mol. The molecular weight excluding hydrogens is 741 g/mol. The van der Waals surface area contributed by atoms with Crippen LogP contribution in [0.1, 0.15) is 25.3 Å². The lowest BCUT2D eigenvalue weighted by Crippen LogP contribution is -1.95. The highest BCUT2D eigenvalue weighted by Gasteiger charge is 2.20. The van der Waals surface area contributed by atoms with E-state index in [1.807, 2.05) is 0 Å². The molecule has 290 valence electrons. The molecule has 0 aliphatic rings. The van der Waals surface area contributed by atoms with Crippen LogP contribution in [0.3, 0.4) is 0 Å². The van der Waals surface area contributed by atoms with Gasteiger partial charge in [0.1, 0.15) is 11.2 Å². The molecule has 9 aromatic carbocycles. The van der Waals surface area contributed by atoms with Gasteiger partial charge in [0.2, 0.25) is 0 Å². The Morgan fingerprint density at radius 1 is 0.377 bits per heavy atom. The molecule has 3 aromatic heterocycles. The molecule has 61 heavy (non-hydrogen) atoms. The summed E-state index contributed by atoms with van der Waals surface area (Å²) < 4.78 is 11.4. The van der Waals surface area contributed by atoms with E-state index in [-0.39, 0.29) is 0 Å². The molecular formula is C58H42N2O. The third-order valence-electron chi connectivity index (χ3n) is 12.7. The summed E-state index contributed by atoms with van der Waals surface area (Å²) in [5, 5.41) is 7.18. The molecule has 3 heterocycles. The predicted octanol–water partition coefficient (Wildman–Crippen LogP) is 16.1. The van der Waals surface area contributed by atoms with Crippen LogP contribution in [0.2, 0.25) is 0 Å². The van der Waals surface area contributed by atoms with Gasteiger partial charge in [0.15, 0.2) is 0 Å². The fourth-order valence-electron chi connectivity index (χ4n) is 9.76. The summed E-state index contributed by atoms with van der Waals surface area (Å²) in [5.41, 5.74) is 17.5. The van der Waals surface area contributed by atoms with E-state index in [9.17, 15) is 0 Å². The minimum Gasteiger partial charge on any atom is -0.456 e. The fourth-order valence-corrected chi connectivity index (χ4v) is 9.76. The number of aromatic nitrogens is 2. The third-order valence-corrected chi connectivity index (χ3v) is 12.7. The SMILES string of the molecule is CCCCc1cccc(-c2cccc(-n3c4ccccc4c4cc(-c5ccc6c(c5)c5ccccc5n6-c5cccc6oc7ccc(-c8ccccc8)cc7c56)ccc43)c2)c1. The number of hydrogen-bond acceptors (Lipinski definition) is 1. The summed E-state index contributed by atoms with van der Waals surface area (Å²) >= 11 is 0. The summed E-state index contributed by atoms with van der Waals surface area (Å²) in [5.74, 6) is 0. The standard InChI is InChI=1S/C58H42N2O/c1-2-3-14-38-15-11-18-40(33-38)41-19-12-20-45(34-41)59-51-23-9-7-21-46(51)48-35-43(27-30-53(48)59)44-28-31-54-49(36-44)47-22-8-10-24-52(47)60(54)55-25-13-26-57-58(55)50-37-42(29-32-56(50)61-57)39-16-5-4-6-17-39/h4-13,15-37H,2-3,14H2,1H3. The van der Waals surface area contributed by atoms with Gasteiger partial charge < -0.3 is 13.6 Å². The maximum absolute atomic E-state index is 6.51. The first-order chi connectivity index (χ1) is 30.2. The largest absolute Gasteiger partial charge is 0.456 e. The second-order valence-electron chi connectivity index (χ2n) is 16.4. The Balaban J connectivity index is 0.991. The summed E-state index contributed by atoms with van der Waals surface area (Å²) in [6, 6.07) is 73.2. The Morgan fingerprint density at radius 3 is 1.69 bits per heavy atom. The van der Waals surface area contributed by atoms with Crippen molar-refractivity contribution < 1.29 is 4.42 Å². The molecule has 0 unspecified atom stereocenters. The van der Waals surface area contributed by atoms with Gasteiger partial charge in [-0.2, -0.15) is 0 Å². The minimum absolute atomic E-state index is 0.885. The van der Waals surface area contributed by atoms with Crippen molar-refractivity contribution in [2.75, 3.05) is 0 Å². The molecule has 0 fully saturated rings. The van der Waals surface area contributed by atoms with Crippen molar-refractivity contribution >= 4 is 65.6 Å². The average Bonchev–Trinajstić information content (AvgIpc) is 3.98. The van der Waals surface area contributed by atoms with E-state index < -0.39 is 0 Å². The Bertz CT molecular complexity index is 3640. The number of benzene rings is 9. The lowest BCUT2D eigenvalue weighted by atomic mass is 10.00. The van der Waals surface area contributed by atoms with Crippen molar-refractivity contribution in [1.82, 2.24) is 9.13 Å². The van der Waals surface area contributed by atoms with Gasteiger partial charge in [0, 0.05) is 32.6 Å². The van der Waals surface area contributed by atoms with Crippen LogP contribution in [0.4, 0.5) is 0 Å². The van der Waals surface area contributed by atoms with Gasteiger partial charge in [-0.3, -0.25) is 0 Å². The van der Waals surface area contributed by atoms with Gasteiger partial charge in [-0.05, 0) is 125 Å². The third kappa shape index (κ3) is 5.80. The highest BCUT2D eigenvalue weighted by atomic mass is 16.3. The molecule has 12 rings (SSSR count). The van der Waals surface area contributed by atoms with Crippen LogP contribution < -0.4 is 0 Å². The maximum Gasteiger partial charge on any atom is 0.137 e. The Hall–Kier alpha value is -7.62. The number of unbranched alkanes of at least 4 members (excludes halogenated alkanes) is 1. The van der Waals surface area contributed by atoms with E-state index in [2.05, 4.69) is 216 Å². The second-order valence-corrected chi connectivity index (χ2v) is 16.4. The number of rotatable bonds is 8. The Morgan fingerprint density at radius 2 is 0.934 bits per heavy atom. The van der Waals surface area contributed by atoms with Crippen LogP contribution in [-0.2, 0) is 6.42 Å². The lowest BCUT2D eigenvalue weighted by molar-refractivity contribution is 0.669. The summed E-state index contributed by atoms with van der Waals surface area (Å²) in [7, 11) is 0. The van der Waals surface area contributed by atoms with Gasteiger partial charge in [0.25, 0.3) is 0 Å². The average molecular weight is 783 g/mol. The molecule has 0 aliphatic heterocycles. The molecule has 0 bridgehead atoms. The number of fused-ring (bicyclic) bond motifs is 9. The van der Waals surface area contributed by atoms with Crippen LogP contribution in [0.25, 0.3) is 110 Å². The Labute approximate surface area is 354 Å². The molecule has 0 radical (unpaired) electrons. The Kier molecular flexibility index (Phi) is 8.28. The first-order valence-electron chi connectivity index (χ1n) is 21.5. The van der Waals surface area contributed by atoms with Crippen molar-refractivity contribution in [3.8, 4) is 44.8 Å². The molecule has 0 aliphatic carbocycles. The molecule has 0 N–H and O–H groups in total. The van der Waals surface area contributed by atoms with Gasteiger partial charge in [0.05, 0.1) is 33.1 Å². The number of aryl methyl sites for hydroxylation is 1. The van der Waals surface area contributed by atoms with E-state index in [1.54, 1.807) is 0 Å². The molecule has 0 amide bonds. The smallest absolute Gasteiger partial charge is 0.137 e. The number of para-hydroxylation sites is 2. The van der Waals surface area contributed by atoms with E-state index in [1.165, 1.54) is 101 Å². The first-order valence-corrected chi connectivity index (χ1v) is 21.5. The molecule has 0 saturated carbocycles. The highest BCUT2D eigenvalue weighted by Crippen LogP contribution is 2.42. The van der Waals surface area contributed by atoms with Crippen LogP contribution in [0.15, 0.2) is 205 Å². The molecule has 3 nitrogen and oxygen atoms in total. The highest BCUT2D eigenvalue weighted by molar-refractivity contribution is 6.16. The summed E-state index contributed by atoms with van der Waals surface area (Å²) in [6.07, 6.45) is 3.53. The zero-order chi connectivity index (χ0) is 40.4. The molecule has 0 spiro atoms. The topological polar surface area (TPSA) is 23.0 Å². The van der Waals surface area contributed by atoms with Gasteiger partial charge in [-0.15, -0.1) is 0 Å². The van der Waals surface area contributed by atoms with E-state index in [0.29, 0.717) is 0 Å². The number of furan rings is 1. The normalized spacial score (nSPS) is 11.9. The van der Waals surface area contributed by atoms with E-state index >= 15 is 0 Å². The van der Waals surface area contributed by atoms with Crippen LogP contribution >= 0.6 is 0 Å². The molecule has 0 saturated heterocycles. The van der Waals surface area contributed by atoms with Crippen molar-refractivity contribution in [2.45, 2.75) is 26.2 Å². The zero-order valence-electron chi connectivity index (χ0n) is 34.0. The van der Waals surface area contributed by atoms with Crippen molar-refractivity contribution in [1.29, 1.82) is 0 Å². The fraction of sp³-hybridized carbons (Fsp3) is 0.0690. The number of hydrogen-bond donors (Lipinski definition) is 0. The van der Waals surface area contributed by atoms with Crippen LogP contribution in [-0.4, -0.2) is 9.13 Å². The van der Waals surface area contributed by atoms with E-state index in [0.717, 1.165) is 34.0 Å². The van der Waals surface area contributed by atoms with Gasteiger partial charge in [-0.1, -0.05) is 141 Å². The van der Waals surface area contributed by atoms with Crippen molar-refractivity contribution in [3.05, 3.63) is 206 Å². The van der Waals surface area contributed by atoms with Crippen LogP contribution in [0.5, 0.6) is 0 Å². The molecule has 3 heteroatoms. The van der Waals surface area contributed by atoms with Crippen LogP contribution in [0, 0.1) is 0 Å². The van der Waals surface area contributed by atoms with Gasteiger partial charge >= 0.3 is 0 Å². The van der Waals surface area contributed by atoms with Crippen molar-refractivity contribution in [3.63, 3.8) is 0 Å². The first kappa shape index (κ1) is 35.3. The minimum atomic E-state index is 0.885. The molecule has 12 aromatic rings. The molecule has 0 atom stereocenters. The quantitative estimate of drug-likeness (QED) is 0.151. The maximum atomic E-state index is 6.51. The summed E-state index contributed by atoms with van der Waals surface area (Å²) in [6.45, 7) is 2.26. The zero-order valence-corrected chi connectivity index (χ0v) is 34.0. The van der Waals surface area contributed by atoms with Crippen molar-refractivity contribution in [2.24, 2.45) is 0 Å². The van der Waals surface area contributed by atoms with E-state index in [4.69, 9.17) is 4.42 Å². The van der Waals surface area contributed by atoms with Gasteiger partial charge in [-0.25, -0.2) is 0 Å². The summed E-state index contributed by atoms with van der Waals surface area (Å²) in [4.78, 5) is 0. The number of nitrogens with zero attached hydrogens (tertiary/aromatic N) is 2.